The van der Waals surface area contributed by atoms with Gasteiger partial charge in [0.15, 0.2) is 0 Å². The van der Waals surface area contributed by atoms with Gasteiger partial charge in [0.05, 0.1) is 17.8 Å². The maximum Gasteiger partial charge on any atom is 0.679 e. The second-order valence-corrected chi connectivity index (χ2v) is 8.03. The van der Waals surface area contributed by atoms with Gasteiger partial charge in [-0.2, -0.15) is 0 Å². The summed E-state index contributed by atoms with van der Waals surface area (Å²) in [5, 5.41) is 0. The topological polar surface area (TPSA) is 49.5 Å². The van der Waals surface area contributed by atoms with E-state index in [-0.39, 0.29) is 5.60 Å². The van der Waals surface area contributed by atoms with E-state index < -0.39 is 9.05 Å². The average molecular weight is 290 g/mol. The fraction of sp³-hybridized carbons (Fsp3) is 1.00. The Hall–Kier alpha value is 0.0169. The summed E-state index contributed by atoms with van der Waals surface area (Å²) in [5.41, 5.74) is -0.287. The van der Waals surface area contributed by atoms with Crippen molar-refractivity contribution in [2.45, 2.75) is 57.3 Å². The van der Waals surface area contributed by atoms with E-state index >= 15 is 0 Å². The first kappa shape index (κ1) is 15.4. The third-order valence-corrected chi connectivity index (χ3v) is 6.89. The Bertz CT molecular complexity index is 301. The Morgan fingerprint density at radius 2 is 1.74 bits per heavy atom. The lowest BCUT2D eigenvalue weighted by Gasteiger charge is -2.42. The van der Waals surface area contributed by atoms with E-state index in [1.807, 2.05) is 0 Å². The van der Waals surface area contributed by atoms with Gasteiger partial charge >= 0.3 is 9.05 Å². The lowest BCUT2D eigenvalue weighted by molar-refractivity contribution is -0.0958. The van der Waals surface area contributed by atoms with E-state index in [4.69, 9.17) is 22.4 Å². The largest absolute Gasteiger partial charge is 0.679 e. The highest BCUT2D eigenvalue weighted by Crippen LogP contribution is 2.46. The molecule has 2 rings (SSSR count). The smallest absolute Gasteiger partial charge is 0.370 e. The molecule has 4 unspecified atom stereocenters. The van der Waals surface area contributed by atoms with Gasteiger partial charge in [-0.3, -0.25) is 0 Å². The van der Waals surface area contributed by atoms with Gasteiger partial charge in [0.25, 0.3) is 0 Å². The Labute approximate surface area is 117 Å². The third-order valence-electron chi connectivity index (χ3n) is 4.68. The van der Waals surface area contributed by atoms with Gasteiger partial charge < -0.3 is 22.4 Å². The fourth-order valence-electron chi connectivity index (χ4n) is 3.06. The SMILES string of the molecule is CCC(C)(O[Si](OC)(OC)OC)C1CCC2OC2C1. The molecule has 2 fully saturated rings. The molecule has 0 radical (unpaired) electrons. The summed E-state index contributed by atoms with van der Waals surface area (Å²) < 4.78 is 28.1. The molecule has 1 saturated carbocycles. The van der Waals surface area contributed by atoms with E-state index in [9.17, 15) is 0 Å². The zero-order valence-corrected chi connectivity index (χ0v) is 13.6. The second-order valence-electron chi connectivity index (χ2n) is 5.60. The van der Waals surface area contributed by atoms with Gasteiger partial charge in [0.2, 0.25) is 0 Å². The van der Waals surface area contributed by atoms with Gasteiger partial charge in [-0.05, 0) is 38.5 Å². The standard InChI is InChI=1S/C13H26O5Si/c1-6-13(2,18-19(14-3,15-4)16-5)10-7-8-11-12(9-10)17-11/h10-12H,6-9H2,1-5H3. The van der Waals surface area contributed by atoms with E-state index in [1.165, 1.54) is 0 Å². The molecule has 1 saturated heterocycles. The molecule has 4 atom stereocenters. The van der Waals surface area contributed by atoms with Crippen molar-refractivity contribution < 1.29 is 22.4 Å². The Kier molecular flexibility index (Phi) is 4.70. The second kappa shape index (κ2) is 5.79. The summed E-state index contributed by atoms with van der Waals surface area (Å²) in [4.78, 5) is 0. The van der Waals surface area contributed by atoms with Crippen LogP contribution in [0.2, 0.25) is 0 Å². The highest BCUT2D eigenvalue weighted by Gasteiger charge is 2.54. The molecule has 1 aliphatic heterocycles. The van der Waals surface area contributed by atoms with Crippen LogP contribution in [-0.4, -0.2) is 48.2 Å². The van der Waals surface area contributed by atoms with Crippen molar-refractivity contribution in [1.29, 1.82) is 0 Å². The van der Waals surface area contributed by atoms with Crippen molar-refractivity contribution in [3.63, 3.8) is 0 Å². The predicted molar refractivity (Wildman–Crippen MR) is 72.6 cm³/mol. The monoisotopic (exact) mass is 290 g/mol. The maximum absolute atomic E-state index is 6.25. The molecule has 1 heterocycles. The molecule has 0 N–H and O–H groups in total. The molecule has 6 heteroatoms. The maximum atomic E-state index is 6.25. The first-order valence-corrected chi connectivity index (χ1v) is 8.67. The van der Waals surface area contributed by atoms with Crippen LogP contribution in [0.25, 0.3) is 0 Å². The molecule has 0 amide bonds. The number of hydrogen-bond acceptors (Lipinski definition) is 5. The molecule has 0 spiro atoms. The van der Waals surface area contributed by atoms with Crippen LogP contribution in [0.3, 0.4) is 0 Å². The molecule has 0 aromatic carbocycles. The Morgan fingerprint density at radius 1 is 1.11 bits per heavy atom. The Morgan fingerprint density at radius 3 is 2.21 bits per heavy atom. The van der Waals surface area contributed by atoms with Crippen LogP contribution in [0, 0.1) is 5.92 Å². The summed E-state index contributed by atoms with van der Waals surface area (Å²) in [6.07, 6.45) is 5.18. The first-order valence-electron chi connectivity index (χ1n) is 7.03. The van der Waals surface area contributed by atoms with Gasteiger partial charge in [0, 0.05) is 21.3 Å². The highest BCUT2D eigenvalue weighted by molar-refractivity contribution is 6.53. The number of rotatable bonds is 7. The van der Waals surface area contributed by atoms with Crippen LogP contribution in [-0.2, 0) is 22.4 Å². The molecule has 1 aliphatic carbocycles. The number of ether oxygens (including phenoxy) is 1. The van der Waals surface area contributed by atoms with Gasteiger partial charge in [-0.1, -0.05) is 6.92 Å². The molecule has 0 aromatic heterocycles. The zero-order chi connectivity index (χ0) is 14.1. The number of fused-ring (bicyclic) bond motifs is 1. The lowest BCUT2D eigenvalue weighted by Crippen LogP contribution is -2.55. The quantitative estimate of drug-likeness (QED) is 0.531. The van der Waals surface area contributed by atoms with Crippen molar-refractivity contribution in [2.75, 3.05) is 21.3 Å². The van der Waals surface area contributed by atoms with E-state index in [0.29, 0.717) is 18.1 Å². The van der Waals surface area contributed by atoms with E-state index in [1.54, 1.807) is 21.3 Å². The minimum Gasteiger partial charge on any atom is -0.370 e. The van der Waals surface area contributed by atoms with Crippen LogP contribution in [0.5, 0.6) is 0 Å². The highest BCUT2D eigenvalue weighted by atomic mass is 28.4. The summed E-state index contributed by atoms with van der Waals surface area (Å²) in [7, 11) is 1.73. The van der Waals surface area contributed by atoms with Gasteiger partial charge in [-0.25, -0.2) is 0 Å². The average Bonchev–Trinajstić information content (AvgIpc) is 3.23. The van der Waals surface area contributed by atoms with Crippen molar-refractivity contribution in [2.24, 2.45) is 5.92 Å². The molecular weight excluding hydrogens is 264 g/mol. The molecular formula is C13H26O5Si. The molecule has 19 heavy (non-hydrogen) atoms. The van der Waals surface area contributed by atoms with E-state index in [0.717, 1.165) is 25.7 Å². The number of epoxide rings is 1. The van der Waals surface area contributed by atoms with Crippen molar-refractivity contribution >= 4 is 9.05 Å². The predicted octanol–water partition coefficient (Wildman–Crippen LogP) is 2.11. The molecule has 112 valence electrons. The minimum atomic E-state index is -3.01. The summed E-state index contributed by atoms with van der Waals surface area (Å²) in [5.74, 6) is 0.466. The summed E-state index contributed by atoms with van der Waals surface area (Å²) >= 11 is 0. The van der Waals surface area contributed by atoms with Crippen LogP contribution < -0.4 is 0 Å². The van der Waals surface area contributed by atoms with Crippen molar-refractivity contribution in [3.05, 3.63) is 0 Å². The number of hydrogen-bond donors (Lipinski definition) is 0. The summed E-state index contributed by atoms with van der Waals surface area (Å²) in [6.45, 7) is 4.28. The normalized spacial score (nSPS) is 33.6. The van der Waals surface area contributed by atoms with E-state index in [2.05, 4.69) is 13.8 Å². The summed E-state index contributed by atoms with van der Waals surface area (Å²) in [6, 6.07) is 0. The van der Waals surface area contributed by atoms with Crippen LogP contribution in [0.1, 0.15) is 39.5 Å². The van der Waals surface area contributed by atoms with Crippen LogP contribution >= 0.6 is 0 Å². The first-order chi connectivity index (χ1) is 9.02. The van der Waals surface area contributed by atoms with Crippen molar-refractivity contribution in [1.82, 2.24) is 0 Å². The fourth-order valence-corrected chi connectivity index (χ4v) is 4.70. The van der Waals surface area contributed by atoms with Crippen LogP contribution in [0.4, 0.5) is 0 Å². The van der Waals surface area contributed by atoms with Gasteiger partial charge in [-0.15, -0.1) is 0 Å². The van der Waals surface area contributed by atoms with Crippen molar-refractivity contribution in [3.8, 4) is 0 Å². The zero-order valence-electron chi connectivity index (χ0n) is 12.6. The lowest BCUT2D eigenvalue weighted by atomic mass is 9.77. The Balaban J connectivity index is 2.07. The van der Waals surface area contributed by atoms with Crippen LogP contribution in [0.15, 0.2) is 0 Å². The molecule has 0 aromatic rings. The molecule has 0 bridgehead atoms. The molecule has 2 aliphatic rings. The molecule has 5 nitrogen and oxygen atoms in total. The van der Waals surface area contributed by atoms with Gasteiger partial charge in [0.1, 0.15) is 0 Å². The minimum absolute atomic E-state index is 0.287. The third kappa shape index (κ3) is 3.04.